The summed E-state index contributed by atoms with van der Waals surface area (Å²) >= 11 is 3.41. The van der Waals surface area contributed by atoms with Gasteiger partial charge in [-0.05, 0) is 36.8 Å². The number of aromatic nitrogens is 2. The van der Waals surface area contributed by atoms with Gasteiger partial charge >= 0.3 is 0 Å². The highest BCUT2D eigenvalue weighted by Gasteiger charge is 2.10. The molecule has 1 aromatic carbocycles. The van der Waals surface area contributed by atoms with E-state index in [0.29, 0.717) is 16.6 Å². The maximum Gasteiger partial charge on any atom is 0.194 e. The van der Waals surface area contributed by atoms with Crippen LogP contribution in [0.2, 0.25) is 0 Å². The second-order valence-electron chi connectivity index (χ2n) is 4.36. The van der Waals surface area contributed by atoms with Crippen molar-refractivity contribution in [1.82, 2.24) is 9.97 Å². The zero-order valence-electron chi connectivity index (χ0n) is 10.3. The summed E-state index contributed by atoms with van der Waals surface area (Å²) in [6, 6.07) is 11.4. The molecule has 0 atom stereocenters. The summed E-state index contributed by atoms with van der Waals surface area (Å²) < 4.78 is 1.01. The second kappa shape index (κ2) is 4.63. The van der Waals surface area contributed by atoms with E-state index in [0.717, 1.165) is 15.7 Å². The number of hydrogen-bond donors (Lipinski definition) is 1. The molecule has 0 aliphatic heterocycles. The van der Waals surface area contributed by atoms with Gasteiger partial charge in [0.15, 0.2) is 5.43 Å². The van der Waals surface area contributed by atoms with Gasteiger partial charge in [0.1, 0.15) is 5.65 Å². The molecule has 3 nitrogen and oxygen atoms in total. The number of rotatable bonds is 1. The van der Waals surface area contributed by atoms with Crippen molar-refractivity contribution < 1.29 is 0 Å². The van der Waals surface area contributed by atoms with Crippen LogP contribution < -0.4 is 5.43 Å². The average molecular weight is 315 g/mol. The summed E-state index contributed by atoms with van der Waals surface area (Å²) in [6.07, 6.45) is 1.68. The van der Waals surface area contributed by atoms with Crippen LogP contribution in [-0.4, -0.2) is 9.97 Å². The Bertz CT molecular complexity index is 806. The Morgan fingerprint density at radius 3 is 2.63 bits per heavy atom. The number of fused-ring (bicyclic) bond motifs is 1. The SMILES string of the molecule is Cc1c(-c2ccc(Br)cc2)[nH]c2ncccc2c1=O. The minimum atomic E-state index is 0.0276. The lowest BCUT2D eigenvalue weighted by molar-refractivity contribution is 1.24. The Kier molecular flexibility index (Phi) is 2.95. The Balaban J connectivity index is 2.33. The molecule has 0 aliphatic carbocycles. The molecule has 0 unspecified atom stereocenters. The number of nitrogens with zero attached hydrogens (tertiary/aromatic N) is 1. The van der Waals surface area contributed by atoms with Crippen LogP contribution >= 0.6 is 15.9 Å². The highest BCUT2D eigenvalue weighted by atomic mass is 79.9. The fourth-order valence-electron chi connectivity index (χ4n) is 2.12. The van der Waals surface area contributed by atoms with Crippen molar-refractivity contribution in [2.24, 2.45) is 0 Å². The number of pyridine rings is 2. The van der Waals surface area contributed by atoms with Gasteiger partial charge < -0.3 is 4.98 Å². The molecule has 3 rings (SSSR count). The van der Waals surface area contributed by atoms with Crippen LogP contribution in [0.15, 0.2) is 51.9 Å². The lowest BCUT2D eigenvalue weighted by Crippen LogP contribution is -2.10. The molecular formula is C15H11BrN2O. The van der Waals surface area contributed by atoms with Crippen LogP contribution in [0.25, 0.3) is 22.3 Å². The standard InChI is InChI=1S/C15H11BrN2O/c1-9-13(10-4-6-11(16)7-5-10)18-15-12(14(9)19)3-2-8-17-15/h2-8H,1H3,(H,17,18,19). The third-order valence-corrected chi connectivity index (χ3v) is 3.67. The van der Waals surface area contributed by atoms with Gasteiger partial charge in [0.25, 0.3) is 0 Å². The Hall–Kier alpha value is -1.94. The van der Waals surface area contributed by atoms with Gasteiger partial charge in [-0.2, -0.15) is 0 Å². The van der Waals surface area contributed by atoms with Crippen LogP contribution in [0.1, 0.15) is 5.56 Å². The number of benzene rings is 1. The molecule has 2 heterocycles. The predicted octanol–water partition coefficient (Wildman–Crippen LogP) is 3.66. The largest absolute Gasteiger partial charge is 0.339 e. The first-order valence-corrected chi connectivity index (χ1v) is 6.69. The van der Waals surface area contributed by atoms with Crippen molar-refractivity contribution in [3.05, 3.63) is 62.9 Å². The fraction of sp³-hybridized carbons (Fsp3) is 0.0667. The van der Waals surface area contributed by atoms with E-state index >= 15 is 0 Å². The molecule has 0 radical (unpaired) electrons. The third kappa shape index (κ3) is 2.08. The summed E-state index contributed by atoms with van der Waals surface area (Å²) in [5, 5.41) is 0.626. The van der Waals surface area contributed by atoms with Crippen LogP contribution in [0.4, 0.5) is 0 Å². The summed E-state index contributed by atoms with van der Waals surface area (Å²) in [4.78, 5) is 19.8. The summed E-state index contributed by atoms with van der Waals surface area (Å²) in [7, 11) is 0. The molecular weight excluding hydrogens is 304 g/mol. The molecule has 19 heavy (non-hydrogen) atoms. The molecule has 4 heteroatoms. The molecule has 2 aromatic heterocycles. The minimum Gasteiger partial charge on any atom is -0.339 e. The third-order valence-electron chi connectivity index (χ3n) is 3.14. The van der Waals surface area contributed by atoms with Crippen molar-refractivity contribution in [3.63, 3.8) is 0 Å². The Labute approximate surface area is 118 Å². The summed E-state index contributed by atoms with van der Waals surface area (Å²) in [5.74, 6) is 0. The van der Waals surface area contributed by atoms with Crippen LogP contribution in [0.3, 0.4) is 0 Å². The molecule has 0 fully saturated rings. The first-order chi connectivity index (χ1) is 9.16. The van der Waals surface area contributed by atoms with E-state index in [1.165, 1.54) is 0 Å². The van der Waals surface area contributed by atoms with Crippen molar-refractivity contribution in [2.45, 2.75) is 6.92 Å². The minimum absolute atomic E-state index is 0.0276. The van der Waals surface area contributed by atoms with E-state index in [-0.39, 0.29) is 5.43 Å². The number of H-pyrrole nitrogens is 1. The lowest BCUT2D eigenvalue weighted by atomic mass is 10.1. The maximum absolute atomic E-state index is 12.3. The number of hydrogen-bond acceptors (Lipinski definition) is 2. The zero-order chi connectivity index (χ0) is 13.4. The molecule has 1 N–H and O–H groups in total. The highest BCUT2D eigenvalue weighted by molar-refractivity contribution is 9.10. The smallest absolute Gasteiger partial charge is 0.194 e. The molecule has 0 aliphatic rings. The van der Waals surface area contributed by atoms with Crippen molar-refractivity contribution >= 4 is 27.0 Å². The summed E-state index contributed by atoms with van der Waals surface area (Å²) in [6.45, 7) is 1.84. The van der Waals surface area contributed by atoms with Gasteiger partial charge in [0, 0.05) is 16.2 Å². The number of halogens is 1. The normalized spacial score (nSPS) is 10.8. The van der Waals surface area contributed by atoms with E-state index in [2.05, 4.69) is 25.9 Å². The van der Waals surface area contributed by atoms with Gasteiger partial charge in [-0.15, -0.1) is 0 Å². The summed E-state index contributed by atoms with van der Waals surface area (Å²) in [5.41, 5.74) is 3.16. The van der Waals surface area contributed by atoms with E-state index in [1.807, 2.05) is 31.2 Å². The zero-order valence-corrected chi connectivity index (χ0v) is 11.9. The maximum atomic E-state index is 12.3. The van der Waals surface area contributed by atoms with Gasteiger partial charge in [-0.25, -0.2) is 4.98 Å². The molecule has 3 aromatic rings. The molecule has 0 amide bonds. The van der Waals surface area contributed by atoms with E-state index in [9.17, 15) is 4.79 Å². The van der Waals surface area contributed by atoms with E-state index in [1.54, 1.807) is 18.3 Å². The van der Waals surface area contributed by atoms with Gasteiger partial charge in [0.2, 0.25) is 0 Å². The van der Waals surface area contributed by atoms with Crippen LogP contribution in [0, 0.1) is 6.92 Å². The van der Waals surface area contributed by atoms with Gasteiger partial charge in [0.05, 0.1) is 11.1 Å². The monoisotopic (exact) mass is 314 g/mol. The molecule has 94 valence electrons. The van der Waals surface area contributed by atoms with Gasteiger partial charge in [-0.3, -0.25) is 4.79 Å². The average Bonchev–Trinajstić information content (AvgIpc) is 2.44. The fourth-order valence-corrected chi connectivity index (χ4v) is 2.39. The molecule has 0 saturated heterocycles. The molecule has 0 saturated carbocycles. The van der Waals surface area contributed by atoms with Crippen molar-refractivity contribution in [1.29, 1.82) is 0 Å². The topological polar surface area (TPSA) is 45.8 Å². The Morgan fingerprint density at radius 1 is 1.16 bits per heavy atom. The quantitative estimate of drug-likeness (QED) is 0.745. The number of aromatic amines is 1. The van der Waals surface area contributed by atoms with Crippen LogP contribution in [0.5, 0.6) is 0 Å². The first kappa shape index (κ1) is 12.1. The number of nitrogens with one attached hydrogen (secondary N) is 1. The molecule has 0 spiro atoms. The Morgan fingerprint density at radius 2 is 1.89 bits per heavy atom. The predicted molar refractivity (Wildman–Crippen MR) is 80.2 cm³/mol. The highest BCUT2D eigenvalue weighted by Crippen LogP contribution is 2.23. The van der Waals surface area contributed by atoms with Crippen molar-refractivity contribution in [2.75, 3.05) is 0 Å². The van der Waals surface area contributed by atoms with Crippen molar-refractivity contribution in [3.8, 4) is 11.3 Å². The van der Waals surface area contributed by atoms with E-state index in [4.69, 9.17) is 0 Å². The first-order valence-electron chi connectivity index (χ1n) is 5.90. The van der Waals surface area contributed by atoms with E-state index < -0.39 is 0 Å². The van der Waals surface area contributed by atoms with Crippen LogP contribution in [-0.2, 0) is 0 Å². The second-order valence-corrected chi connectivity index (χ2v) is 5.28. The van der Waals surface area contributed by atoms with Gasteiger partial charge in [-0.1, -0.05) is 28.1 Å². The lowest BCUT2D eigenvalue weighted by Gasteiger charge is -2.08. The molecule has 0 bridgehead atoms.